The van der Waals surface area contributed by atoms with E-state index in [2.05, 4.69) is 9.97 Å². The number of halogens is 5. The first kappa shape index (κ1) is 14.0. The van der Waals surface area contributed by atoms with Gasteiger partial charge in [0.25, 0.3) is 0 Å². The number of hydrogen-bond acceptors (Lipinski definition) is 3. The highest BCUT2D eigenvalue weighted by Crippen LogP contribution is 2.44. The summed E-state index contributed by atoms with van der Waals surface area (Å²) >= 11 is 30.0. The molecule has 0 aliphatic heterocycles. The van der Waals surface area contributed by atoms with E-state index >= 15 is 0 Å². The van der Waals surface area contributed by atoms with Crippen LogP contribution in [0.3, 0.4) is 0 Å². The Bertz CT molecular complexity index is 629. The molecule has 0 spiro atoms. The van der Waals surface area contributed by atoms with E-state index in [0.717, 1.165) is 0 Å². The summed E-state index contributed by atoms with van der Waals surface area (Å²) in [7, 11) is 0. The van der Waals surface area contributed by atoms with Crippen LogP contribution >= 0.6 is 58.0 Å². The van der Waals surface area contributed by atoms with E-state index in [4.69, 9.17) is 63.7 Å². The fourth-order valence-electron chi connectivity index (χ4n) is 1.34. The van der Waals surface area contributed by atoms with Gasteiger partial charge < -0.3 is 5.73 Å². The molecule has 0 amide bonds. The maximum atomic E-state index is 6.10. The number of hydrogen-bond donors (Lipinski definition) is 1. The van der Waals surface area contributed by atoms with Gasteiger partial charge in [0.05, 0.1) is 25.8 Å². The Labute approximate surface area is 128 Å². The Morgan fingerprint density at radius 1 is 0.833 bits per heavy atom. The molecular weight excluding hydrogens is 339 g/mol. The molecule has 1 aromatic carbocycles. The van der Waals surface area contributed by atoms with Gasteiger partial charge in [-0.25, -0.2) is 9.97 Å². The number of nitrogens with two attached hydrogens (primary N) is 1. The lowest BCUT2D eigenvalue weighted by Gasteiger charge is -2.11. The van der Waals surface area contributed by atoms with Crippen molar-refractivity contribution >= 4 is 63.8 Å². The third-order valence-corrected chi connectivity index (χ3v) is 4.10. The number of anilines is 1. The Morgan fingerprint density at radius 3 is 2.17 bits per heavy atom. The summed E-state index contributed by atoms with van der Waals surface area (Å²) in [4.78, 5) is 7.76. The summed E-state index contributed by atoms with van der Waals surface area (Å²) < 4.78 is 0. The molecule has 94 valence electrons. The van der Waals surface area contributed by atoms with Gasteiger partial charge in [0.1, 0.15) is 17.2 Å². The van der Waals surface area contributed by atoms with Gasteiger partial charge in [-0.3, -0.25) is 0 Å². The van der Waals surface area contributed by atoms with Crippen molar-refractivity contribution in [1.82, 2.24) is 9.97 Å². The molecule has 1 heterocycles. The SMILES string of the molecule is Nc1ncnc(-c2c(Cl)cc(Cl)c(Cl)c2Cl)c1Cl. The third kappa shape index (κ3) is 2.33. The van der Waals surface area contributed by atoms with Crippen molar-refractivity contribution in [2.75, 3.05) is 5.73 Å². The molecule has 0 aliphatic rings. The maximum absolute atomic E-state index is 6.10. The van der Waals surface area contributed by atoms with E-state index < -0.39 is 0 Å². The van der Waals surface area contributed by atoms with Gasteiger partial charge in [-0.05, 0) is 6.07 Å². The predicted octanol–water partition coefficient (Wildman–Crippen LogP) is 4.99. The normalized spacial score (nSPS) is 10.7. The second-order valence-corrected chi connectivity index (χ2v) is 5.21. The molecule has 0 bridgehead atoms. The highest BCUT2D eigenvalue weighted by molar-refractivity contribution is 6.51. The third-order valence-electron chi connectivity index (χ3n) is 2.17. The highest BCUT2D eigenvalue weighted by Gasteiger charge is 2.19. The zero-order valence-electron chi connectivity index (χ0n) is 8.52. The first-order valence-electron chi connectivity index (χ1n) is 4.52. The van der Waals surface area contributed by atoms with Crippen molar-refractivity contribution in [3.63, 3.8) is 0 Å². The van der Waals surface area contributed by atoms with Gasteiger partial charge in [-0.1, -0.05) is 58.0 Å². The van der Waals surface area contributed by atoms with E-state index in [1.54, 1.807) is 0 Å². The summed E-state index contributed by atoms with van der Waals surface area (Å²) in [5.41, 5.74) is 6.27. The molecule has 2 N–H and O–H groups in total. The van der Waals surface area contributed by atoms with E-state index in [9.17, 15) is 0 Å². The van der Waals surface area contributed by atoms with Crippen molar-refractivity contribution in [3.8, 4) is 11.3 Å². The molecule has 2 rings (SSSR count). The molecule has 0 saturated carbocycles. The van der Waals surface area contributed by atoms with Crippen LogP contribution < -0.4 is 5.73 Å². The predicted molar refractivity (Wildman–Crippen MR) is 76.9 cm³/mol. The molecule has 2 aromatic rings. The van der Waals surface area contributed by atoms with Crippen LogP contribution in [0.15, 0.2) is 12.4 Å². The first-order valence-corrected chi connectivity index (χ1v) is 6.41. The van der Waals surface area contributed by atoms with Crippen molar-refractivity contribution in [1.29, 1.82) is 0 Å². The molecule has 3 nitrogen and oxygen atoms in total. The van der Waals surface area contributed by atoms with E-state index in [1.807, 2.05) is 0 Å². The second-order valence-electron chi connectivity index (χ2n) is 3.26. The topological polar surface area (TPSA) is 51.8 Å². The average Bonchev–Trinajstić information content (AvgIpc) is 2.32. The molecule has 0 atom stereocenters. The molecule has 0 saturated heterocycles. The van der Waals surface area contributed by atoms with Crippen LogP contribution in [0.25, 0.3) is 11.3 Å². The standard InChI is InChI=1S/C10H4Cl5N3/c11-3-1-4(12)6(13)7(14)5(3)9-8(15)10(16)18-2-17-9/h1-2H,(H2,16,17,18). The second kappa shape index (κ2) is 5.27. The fraction of sp³-hybridized carbons (Fsp3) is 0. The minimum atomic E-state index is 0.125. The molecule has 0 radical (unpaired) electrons. The fourth-order valence-corrected chi connectivity index (χ4v) is 2.62. The van der Waals surface area contributed by atoms with Gasteiger partial charge in [0.15, 0.2) is 0 Å². The van der Waals surface area contributed by atoms with Gasteiger partial charge in [0, 0.05) is 5.56 Å². The number of nitrogens with zero attached hydrogens (tertiary/aromatic N) is 2. The Hall–Kier alpha value is -0.450. The van der Waals surface area contributed by atoms with Crippen LogP contribution in [0.2, 0.25) is 25.1 Å². The van der Waals surface area contributed by atoms with Crippen LogP contribution in [0, 0.1) is 0 Å². The number of rotatable bonds is 1. The Morgan fingerprint density at radius 2 is 1.50 bits per heavy atom. The summed E-state index contributed by atoms with van der Waals surface area (Å²) in [5, 5.41) is 1.00. The van der Waals surface area contributed by atoms with E-state index in [-0.39, 0.29) is 30.9 Å². The van der Waals surface area contributed by atoms with Crippen LogP contribution in [0.4, 0.5) is 5.82 Å². The zero-order valence-corrected chi connectivity index (χ0v) is 12.3. The largest absolute Gasteiger partial charge is 0.382 e. The maximum Gasteiger partial charge on any atom is 0.146 e. The van der Waals surface area contributed by atoms with Gasteiger partial charge in [0.2, 0.25) is 0 Å². The van der Waals surface area contributed by atoms with Crippen LogP contribution in [-0.4, -0.2) is 9.97 Å². The Balaban J connectivity index is 2.80. The number of benzene rings is 1. The zero-order chi connectivity index (χ0) is 13.4. The smallest absolute Gasteiger partial charge is 0.146 e. The molecule has 0 fully saturated rings. The molecule has 18 heavy (non-hydrogen) atoms. The van der Waals surface area contributed by atoms with Crippen molar-refractivity contribution in [2.45, 2.75) is 0 Å². The van der Waals surface area contributed by atoms with E-state index in [1.165, 1.54) is 12.4 Å². The summed E-state index contributed by atoms with van der Waals surface area (Å²) in [6, 6.07) is 1.46. The summed E-state index contributed by atoms with van der Waals surface area (Å²) in [6.45, 7) is 0. The average molecular weight is 343 g/mol. The lowest BCUT2D eigenvalue weighted by molar-refractivity contribution is 1.18. The lowest BCUT2D eigenvalue weighted by Crippen LogP contribution is -1.96. The Kier molecular flexibility index (Phi) is 4.09. The van der Waals surface area contributed by atoms with Crippen molar-refractivity contribution < 1.29 is 0 Å². The van der Waals surface area contributed by atoms with Gasteiger partial charge in [-0.2, -0.15) is 0 Å². The summed E-state index contributed by atoms with van der Waals surface area (Å²) in [5.74, 6) is 0.125. The van der Waals surface area contributed by atoms with Crippen LogP contribution in [0.1, 0.15) is 0 Å². The van der Waals surface area contributed by atoms with E-state index in [0.29, 0.717) is 11.3 Å². The van der Waals surface area contributed by atoms with Crippen molar-refractivity contribution in [3.05, 3.63) is 37.5 Å². The van der Waals surface area contributed by atoms with Gasteiger partial charge >= 0.3 is 0 Å². The quantitative estimate of drug-likeness (QED) is 0.586. The highest BCUT2D eigenvalue weighted by atomic mass is 35.5. The lowest BCUT2D eigenvalue weighted by atomic mass is 10.1. The number of nitrogen functional groups attached to an aromatic ring is 1. The minimum absolute atomic E-state index is 0.125. The van der Waals surface area contributed by atoms with Crippen LogP contribution in [0.5, 0.6) is 0 Å². The molecule has 0 aliphatic carbocycles. The monoisotopic (exact) mass is 341 g/mol. The summed E-state index contributed by atoms with van der Waals surface area (Å²) in [6.07, 6.45) is 1.26. The van der Waals surface area contributed by atoms with Crippen molar-refractivity contribution in [2.24, 2.45) is 0 Å². The van der Waals surface area contributed by atoms with Crippen LogP contribution in [-0.2, 0) is 0 Å². The molecule has 0 unspecified atom stereocenters. The minimum Gasteiger partial charge on any atom is -0.382 e. The number of aromatic nitrogens is 2. The molecule has 8 heteroatoms. The molecular formula is C10H4Cl5N3. The van der Waals surface area contributed by atoms with Gasteiger partial charge in [-0.15, -0.1) is 0 Å². The molecule has 1 aromatic heterocycles. The first-order chi connectivity index (χ1) is 8.43.